The van der Waals surface area contributed by atoms with Crippen molar-refractivity contribution in [2.24, 2.45) is 7.05 Å². The van der Waals surface area contributed by atoms with E-state index in [1.807, 2.05) is 26.8 Å². The molecule has 128 valence electrons. The molecule has 0 saturated heterocycles. The van der Waals surface area contributed by atoms with Crippen LogP contribution >= 0.6 is 0 Å². The third-order valence-electron chi connectivity index (χ3n) is 3.85. The fourth-order valence-corrected chi connectivity index (χ4v) is 2.36. The summed E-state index contributed by atoms with van der Waals surface area (Å²) in [4.78, 5) is 23.9. The summed E-state index contributed by atoms with van der Waals surface area (Å²) in [6.07, 6.45) is 0. The van der Waals surface area contributed by atoms with Crippen LogP contribution in [0.25, 0.3) is 0 Å². The maximum Gasteiger partial charge on any atom is 0.312 e. The number of aryl methyl sites for hydroxylation is 1. The van der Waals surface area contributed by atoms with E-state index >= 15 is 0 Å². The van der Waals surface area contributed by atoms with Gasteiger partial charge in [0.25, 0.3) is 5.91 Å². The average molecular weight is 329 g/mol. The molecule has 0 saturated carbocycles. The van der Waals surface area contributed by atoms with Gasteiger partial charge in [-0.05, 0) is 11.6 Å². The molecule has 6 nitrogen and oxygen atoms in total. The maximum atomic E-state index is 12.4. The Kier molecular flexibility index (Phi) is 5.07. The number of rotatable bonds is 5. The third kappa shape index (κ3) is 4.01. The van der Waals surface area contributed by atoms with Crippen LogP contribution in [0.15, 0.2) is 36.4 Å². The second-order valence-electron chi connectivity index (χ2n) is 6.80. The van der Waals surface area contributed by atoms with Crippen molar-refractivity contribution in [1.29, 1.82) is 0 Å². The van der Waals surface area contributed by atoms with E-state index in [0.717, 1.165) is 5.69 Å². The Morgan fingerprint density at radius 2 is 1.88 bits per heavy atom. The van der Waals surface area contributed by atoms with E-state index in [0.29, 0.717) is 11.3 Å². The van der Waals surface area contributed by atoms with Crippen molar-refractivity contribution >= 4 is 11.9 Å². The van der Waals surface area contributed by atoms with Crippen LogP contribution in [-0.2, 0) is 17.3 Å². The molecule has 0 aliphatic heterocycles. The summed E-state index contributed by atoms with van der Waals surface area (Å²) in [6.45, 7) is 6.08. The Bertz CT molecular complexity index is 730. The molecule has 6 heteroatoms. The van der Waals surface area contributed by atoms with Crippen molar-refractivity contribution in [3.8, 4) is 0 Å². The molecule has 0 radical (unpaired) electrons. The van der Waals surface area contributed by atoms with Gasteiger partial charge in [0, 0.05) is 19.0 Å². The van der Waals surface area contributed by atoms with Crippen LogP contribution in [0.4, 0.5) is 0 Å². The number of carbonyl (C=O) groups is 2. The molecule has 1 atom stereocenters. The zero-order chi connectivity index (χ0) is 17.9. The number of aromatic nitrogens is 2. The van der Waals surface area contributed by atoms with Crippen LogP contribution in [0, 0.1) is 0 Å². The molecule has 1 heterocycles. The number of aliphatic carboxylic acids is 1. The van der Waals surface area contributed by atoms with Gasteiger partial charge < -0.3 is 10.4 Å². The smallest absolute Gasteiger partial charge is 0.312 e. The van der Waals surface area contributed by atoms with E-state index in [1.165, 1.54) is 4.68 Å². The topological polar surface area (TPSA) is 84.2 Å². The van der Waals surface area contributed by atoms with Gasteiger partial charge in [0.15, 0.2) is 0 Å². The molecule has 1 unspecified atom stereocenters. The number of hydrogen-bond acceptors (Lipinski definition) is 3. The number of carboxylic acids is 1. The molecule has 1 aromatic carbocycles. The fourth-order valence-electron chi connectivity index (χ4n) is 2.36. The number of carboxylic acid groups (broad SMARTS) is 1. The largest absolute Gasteiger partial charge is 0.481 e. The van der Waals surface area contributed by atoms with Crippen LogP contribution < -0.4 is 5.32 Å². The van der Waals surface area contributed by atoms with Gasteiger partial charge in [-0.1, -0.05) is 51.1 Å². The minimum Gasteiger partial charge on any atom is -0.481 e. The number of amides is 1. The van der Waals surface area contributed by atoms with E-state index < -0.39 is 11.9 Å². The maximum absolute atomic E-state index is 12.4. The fraction of sp³-hybridized carbons (Fsp3) is 0.389. The minimum atomic E-state index is -0.970. The lowest BCUT2D eigenvalue weighted by molar-refractivity contribution is -0.138. The molecule has 2 N–H and O–H groups in total. The van der Waals surface area contributed by atoms with Crippen LogP contribution in [0.2, 0.25) is 0 Å². The molecule has 2 rings (SSSR count). The Morgan fingerprint density at radius 3 is 2.38 bits per heavy atom. The predicted molar refractivity (Wildman–Crippen MR) is 91.1 cm³/mol. The molecule has 1 amide bonds. The molecule has 0 aliphatic rings. The molecule has 0 aliphatic carbocycles. The number of hydrogen-bond donors (Lipinski definition) is 2. The van der Waals surface area contributed by atoms with Gasteiger partial charge in [0.2, 0.25) is 0 Å². The monoisotopic (exact) mass is 329 g/mol. The average Bonchev–Trinajstić information content (AvgIpc) is 2.90. The van der Waals surface area contributed by atoms with Gasteiger partial charge in [-0.15, -0.1) is 0 Å². The Labute approximate surface area is 141 Å². The molecule has 2 aromatic rings. The molecule has 0 spiro atoms. The molecular formula is C18H23N3O3. The van der Waals surface area contributed by atoms with Gasteiger partial charge >= 0.3 is 5.97 Å². The zero-order valence-corrected chi connectivity index (χ0v) is 14.4. The number of nitrogens with zero attached hydrogens (tertiary/aromatic N) is 2. The quantitative estimate of drug-likeness (QED) is 0.881. The van der Waals surface area contributed by atoms with Crippen LogP contribution in [0.3, 0.4) is 0 Å². The molecule has 0 fully saturated rings. The normalized spacial score (nSPS) is 12.7. The second-order valence-corrected chi connectivity index (χ2v) is 6.80. The highest BCUT2D eigenvalue weighted by atomic mass is 16.4. The minimum absolute atomic E-state index is 0.0220. The first-order valence-corrected chi connectivity index (χ1v) is 7.80. The van der Waals surface area contributed by atoms with Gasteiger partial charge in [0.05, 0.1) is 11.6 Å². The van der Waals surface area contributed by atoms with E-state index in [-0.39, 0.29) is 17.9 Å². The summed E-state index contributed by atoms with van der Waals surface area (Å²) in [5.41, 5.74) is 1.72. The SMILES string of the molecule is Cn1nc(C(C)(C)C)cc1C(=O)NCC(C(=O)O)c1ccccc1. The highest BCUT2D eigenvalue weighted by Gasteiger charge is 2.24. The zero-order valence-electron chi connectivity index (χ0n) is 14.4. The highest BCUT2D eigenvalue weighted by molar-refractivity contribution is 5.93. The van der Waals surface area contributed by atoms with Crippen molar-refractivity contribution in [2.75, 3.05) is 6.54 Å². The lowest BCUT2D eigenvalue weighted by Crippen LogP contribution is -2.32. The Hall–Kier alpha value is -2.63. The van der Waals surface area contributed by atoms with Crippen LogP contribution in [0.5, 0.6) is 0 Å². The van der Waals surface area contributed by atoms with Crippen molar-refractivity contribution in [1.82, 2.24) is 15.1 Å². The van der Waals surface area contributed by atoms with E-state index in [4.69, 9.17) is 0 Å². The van der Waals surface area contributed by atoms with E-state index in [1.54, 1.807) is 37.4 Å². The highest BCUT2D eigenvalue weighted by Crippen LogP contribution is 2.21. The summed E-state index contributed by atoms with van der Waals surface area (Å²) in [5.74, 6) is -2.09. The standard InChI is InChI=1S/C18H23N3O3/c1-18(2,3)15-10-14(21(4)20-15)16(22)19-11-13(17(23)24)12-8-6-5-7-9-12/h5-10,13H,11H2,1-4H3,(H,19,22)(H,23,24). The number of nitrogens with one attached hydrogen (secondary N) is 1. The first-order chi connectivity index (χ1) is 11.2. The molecule has 1 aromatic heterocycles. The van der Waals surface area contributed by atoms with Gasteiger partial charge in [0.1, 0.15) is 5.69 Å². The van der Waals surface area contributed by atoms with E-state index in [2.05, 4.69) is 10.4 Å². The second kappa shape index (κ2) is 6.86. The Balaban J connectivity index is 2.12. The van der Waals surface area contributed by atoms with Crippen molar-refractivity contribution < 1.29 is 14.7 Å². The van der Waals surface area contributed by atoms with Crippen LogP contribution in [-0.4, -0.2) is 33.3 Å². The first-order valence-electron chi connectivity index (χ1n) is 7.80. The van der Waals surface area contributed by atoms with Crippen LogP contribution in [0.1, 0.15) is 48.4 Å². The molecule has 0 bridgehead atoms. The molecular weight excluding hydrogens is 306 g/mol. The molecule has 24 heavy (non-hydrogen) atoms. The van der Waals surface area contributed by atoms with Gasteiger partial charge in [-0.2, -0.15) is 5.10 Å². The number of benzene rings is 1. The Morgan fingerprint density at radius 1 is 1.25 bits per heavy atom. The predicted octanol–water partition coefficient (Wildman–Crippen LogP) is 2.32. The first kappa shape index (κ1) is 17.7. The lowest BCUT2D eigenvalue weighted by Gasteiger charge is -2.14. The summed E-state index contributed by atoms with van der Waals surface area (Å²) < 4.78 is 1.52. The summed E-state index contributed by atoms with van der Waals surface area (Å²) >= 11 is 0. The third-order valence-corrected chi connectivity index (χ3v) is 3.85. The van der Waals surface area contributed by atoms with Crippen molar-refractivity contribution in [3.05, 3.63) is 53.3 Å². The van der Waals surface area contributed by atoms with Gasteiger partial charge in [-0.25, -0.2) is 0 Å². The summed E-state index contributed by atoms with van der Waals surface area (Å²) in [5, 5.41) is 16.5. The summed E-state index contributed by atoms with van der Waals surface area (Å²) in [7, 11) is 1.70. The van der Waals surface area contributed by atoms with Crippen molar-refractivity contribution in [3.63, 3.8) is 0 Å². The number of carbonyl (C=O) groups excluding carboxylic acids is 1. The van der Waals surface area contributed by atoms with Gasteiger partial charge in [-0.3, -0.25) is 14.3 Å². The van der Waals surface area contributed by atoms with E-state index in [9.17, 15) is 14.7 Å². The van der Waals surface area contributed by atoms with Crippen molar-refractivity contribution in [2.45, 2.75) is 32.1 Å². The lowest BCUT2D eigenvalue weighted by atomic mass is 9.92. The summed E-state index contributed by atoms with van der Waals surface area (Å²) in [6, 6.07) is 10.6.